The van der Waals surface area contributed by atoms with E-state index >= 15 is 0 Å². The van der Waals surface area contributed by atoms with Gasteiger partial charge in [-0.05, 0) is 65.1 Å². The molecule has 0 aliphatic rings. The molecular weight excluding hydrogens is 435 g/mol. The van der Waals surface area contributed by atoms with Gasteiger partial charge in [0.2, 0.25) is 0 Å². The standard InChI is InChI=1S/C22H17IN2O/c1-26-17-13-11-15(12-14-17)21-20(23)22(24-16-7-3-2-4-8-16)18-9-5-6-10-19(18)25-21/h2-14H,1H3,(H,24,25). The summed E-state index contributed by atoms with van der Waals surface area (Å²) in [4.78, 5) is 4.91. The molecule has 0 amide bonds. The summed E-state index contributed by atoms with van der Waals surface area (Å²) < 4.78 is 6.37. The van der Waals surface area contributed by atoms with Gasteiger partial charge in [-0.15, -0.1) is 0 Å². The SMILES string of the molecule is COc1ccc(-c2nc3ccccc3c(Nc3ccccc3)c2I)cc1. The first-order chi connectivity index (χ1) is 12.8. The molecule has 0 fully saturated rings. The number of hydrogen-bond donors (Lipinski definition) is 1. The van der Waals surface area contributed by atoms with Crippen LogP contribution >= 0.6 is 22.6 Å². The Hall–Kier alpha value is -2.60. The molecule has 0 atom stereocenters. The van der Waals surface area contributed by atoms with Crippen LogP contribution < -0.4 is 10.1 Å². The van der Waals surface area contributed by atoms with Crippen molar-refractivity contribution in [2.45, 2.75) is 0 Å². The minimum absolute atomic E-state index is 0.840. The minimum Gasteiger partial charge on any atom is -0.497 e. The molecule has 0 bridgehead atoms. The van der Waals surface area contributed by atoms with Crippen molar-refractivity contribution < 1.29 is 4.74 Å². The molecule has 0 spiro atoms. The van der Waals surface area contributed by atoms with Gasteiger partial charge in [0, 0.05) is 16.6 Å². The molecule has 1 N–H and O–H groups in total. The second kappa shape index (κ2) is 7.33. The summed E-state index contributed by atoms with van der Waals surface area (Å²) >= 11 is 2.38. The molecule has 3 aromatic carbocycles. The van der Waals surface area contributed by atoms with Gasteiger partial charge in [0.05, 0.1) is 27.6 Å². The van der Waals surface area contributed by atoms with Crippen LogP contribution in [-0.4, -0.2) is 12.1 Å². The van der Waals surface area contributed by atoms with Gasteiger partial charge in [-0.2, -0.15) is 0 Å². The van der Waals surface area contributed by atoms with Crippen molar-refractivity contribution in [1.82, 2.24) is 4.98 Å². The molecule has 1 aromatic heterocycles. The van der Waals surface area contributed by atoms with Crippen molar-refractivity contribution in [1.29, 1.82) is 0 Å². The Balaban J connectivity index is 1.90. The third-order valence-corrected chi connectivity index (χ3v) is 5.29. The number of pyridine rings is 1. The zero-order valence-electron chi connectivity index (χ0n) is 14.2. The molecule has 0 saturated heterocycles. The highest BCUT2D eigenvalue weighted by Gasteiger charge is 2.14. The largest absolute Gasteiger partial charge is 0.497 e. The summed E-state index contributed by atoms with van der Waals surface area (Å²) in [5.74, 6) is 0.840. The predicted octanol–water partition coefficient (Wildman–Crippen LogP) is 6.26. The number of para-hydroxylation sites is 2. The Kier molecular flexibility index (Phi) is 4.75. The average Bonchev–Trinajstić information content (AvgIpc) is 2.71. The fraction of sp³-hybridized carbons (Fsp3) is 0.0455. The van der Waals surface area contributed by atoms with Crippen LogP contribution in [-0.2, 0) is 0 Å². The Morgan fingerprint density at radius 1 is 0.846 bits per heavy atom. The zero-order chi connectivity index (χ0) is 17.9. The van der Waals surface area contributed by atoms with Crippen molar-refractivity contribution in [2.24, 2.45) is 0 Å². The van der Waals surface area contributed by atoms with Crippen molar-refractivity contribution in [2.75, 3.05) is 12.4 Å². The Bertz CT molecular complexity index is 1050. The first kappa shape index (κ1) is 16.8. The number of nitrogens with one attached hydrogen (secondary N) is 1. The van der Waals surface area contributed by atoms with Gasteiger partial charge in [0.25, 0.3) is 0 Å². The molecule has 0 unspecified atom stereocenters. The second-order valence-electron chi connectivity index (χ2n) is 5.89. The van der Waals surface area contributed by atoms with Crippen LogP contribution in [0.25, 0.3) is 22.2 Å². The number of halogens is 1. The van der Waals surface area contributed by atoms with E-state index in [9.17, 15) is 0 Å². The number of nitrogens with zero attached hydrogens (tertiary/aromatic N) is 1. The van der Waals surface area contributed by atoms with E-state index in [0.717, 1.165) is 42.9 Å². The first-order valence-corrected chi connectivity index (χ1v) is 9.39. The molecule has 0 aliphatic carbocycles. The van der Waals surface area contributed by atoms with Crippen LogP contribution in [0.2, 0.25) is 0 Å². The Morgan fingerprint density at radius 3 is 2.27 bits per heavy atom. The highest BCUT2D eigenvalue weighted by Crippen LogP contribution is 2.36. The Morgan fingerprint density at radius 2 is 1.54 bits per heavy atom. The number of ether oxygens (including phenoxy) is 1. The monoisotopic (exact) mass is 452 g/mol. The number of methoxy groups -OCH3 is 1. The number of rotatable bonds is 4. The van der Waals surface area contributed by atoms with E-state index in [1.165, 1.54) is 0 Å². The number of fused-ring (bicyclic) bond motifs is 1. The summed E-state index contributed by atoms with van der Waals surface area (Å²) in [6.45, 7) is 0. The van der Waals surface area contributed by atoms with E-state index < -0.39 is 0 Å². The molecule has 1 heterocycles. The van der Waals surface area contributed by atoms with Gasteiger partial charge in [-0.25, -0.2) is 4.98 Å². The van der Waals surface area contributed by atoms with Crippen molar-refractivity contribution in [3.8, 4) is 17.0 Å². The Labute approximate surface area is 166 Å². The van der Waals surface area contributed by atoms with Crippen LogP contribution in [0, 0.1) is 3.57 Å². The van der Waals surface area contributed by atoms with Crippen molar-refractivity contribution in [3.05, 3.63) is 82.4 Å². The average molecular weight is 452 g/mol. The van der Waals surface area contributed by atoms with E-state index in [2.05, 4.69) is 52.2 Å². The molecular formula is C22H17IN2O. The topological polar surface area (TPSA) is 34.1 Å². The summed E-state index contributed by atoms with van der Waals surface area (Å²) in [7, 11) is 1.68. The van der Waals surface area contributed by atoms with E-state index in [1.807, 2.05) is 54.6 Å². The maximum Gasteiger partial charge on any atom is 0.118 e. The number of benzene rings is 3. The fourth-order valence-electron chi connectivity index (χ4n) is 2.92. The molecule has 4 aromatic rings. The van der Waals surface area contributed by atoms with Gasteiger partial charge < -0.3 is 10.1 Å². The maximum atomic E-state index is 5.27. The van der Waals surface area contributed by atoms with Crippen molar-refractivity contribution in [3.63, 3.8) is 0 Å². The summed E-state index contributed by atoms with van der Waals surface area (Å²) in [6, 6.07) is 26.5. The van der Waals surface area contributed by atoms with Crippen LogP contribution in [0.3, 0.4) is 0 Å². The first-order valence-electron chi connectivity index (χ1n) is 8.31. The van der Waals surface area contributed by atoms with Crippen LogP contribution in [0.15, 0.2) is 78.9 Å². The molecule has 4 rings (SSSR count). The van der Waals surface area contributed by atoms with Gasteiger partial charge >= 0.3 is 0 Å². The van der Waals surface area contributed by atoms with Crippen LogP contribution in [0.5, 0.6) is 5.75 Å². The fourth-order valence-corrected chi connectivity index (χ4v) is 3.77. The maximum absolute atomic E-state index is 5.27. The lowest BCUT2D eigenvalue weighted by atomic mass is 10.1. The van der Waals surface area contributed by atoms with E-state index in [-0.39, 0.29) is 0 Å². The molecule has 0 saturated carbocycles. The molecule has 0 aliphatic heterocycles. The zero-order valence-corrected chi connectivity index (χ0v) is 16.4. The van der Waals surface area contributed by atoms with E-state index in [4.69, 9.17) is 9.72 Å². The minimum atomic E-state index is 0.840. The van der Waals surface area contributed by atoms with Gasteiger partial charge in [0.1, 0.15) is 5.75 Å². The molecule has 26 heavy (non-hydrogen) atoms. The number of hydrogen-bond acceptors (Lipinski definition) is 3. The quantitative estimate of drug-likeness (QED) is 0.371. The van der Waals surface area contributed by atoms with Gasteiger partial charge in [0.15, 0.2) is 0 Å². The van der Waals surface area contributed by atoms with Gasteiger partial charge in [-0.3, -0.25) is 0 Å². The van der Waals surface area contributed by atoms with Crippen LogP contribution in [0.1, 0.15) is 0 Å². The molecule has 4 heteroatoms. The normalized spacial score (nSPS) is 10.7. The molecule has 128 valence electrons. The summed E-state index contributed by atoms with van der Waals surface area (Å²) in [5.41, 5.74) is 5.13. The summed E-state index contributed by atoms with van der Waals surface area (Å²) in [6.07, 6.45) is 0. The highest BCUT2D eigenvalue weighted by atomic mass is 127. The molecule has 0 radical (unpaired) electrons. The van der Waals surface area contributed by atoms with Crippen molar-refractivity contribution >= 4 is 44.9 Å². The summed E-state index contributed by atoms with van der Waals surface area (Å²) in [5, 5.41) is 4.68. The third kappa shape index (κ3) is 3.24. The van der Waals surface area contributed by atoms with E-state index in [1.54, 1.807) is 7.11 Å². The van der Waals surface area contributed by atoms with E-state index in [0.29, 0.717) is 0 Å². The third-order valence-electron chi connectivity index (χ3n) is 4.24. The lowest BCUT2D eigenvalue weighted by molar-refractivity contribution is 0.415. The molecule has 3 nitrogen and oxygen atoms in total. The number of aromatic nitrogens is 1. The lowest BCUT2D eigenvalue weighted by Crippen LogP contribution is -1.99. The predicted molar refractivity (Wildman–Crippen MR) is 116 cm³/mol. The van der Waals surface area contributed by atoms with Gasteiger partial charge in [-0.1, -0.05) is 36.4 Å². The smallest absolute Gasteiger partial charge is 0.118 e. The highest BCUT2D eigenvalue weighted by molar-refractivity contribution is 14.1. The second-order valence-corrected chi connectivity index (χ2v) is 6.96. The number of anilines is 2. The lowest BCUT2D eigenvalue weighted by Gasteiger charge is -2.15. The van der Waals surface area contributed by atoms with Crippen LogP contribution in [0.4, 0.5) is 11.4 Å².